The summed E-state index contributed by atoms with van der Waals surface area (Å²) in [5.41, 5.74) is 0. The molecule has 2 unspecified atom stereocenters. The van der Waals surface area contributed by atoms with Crippen molar-refractivity contribution in [2.45, 2.75) is 24.6 Å². The first-order chi connectivity index (χ1) is 9.78. The zero-order valence-electron chi connectivity index (χ0n) is 11.9. The van der Waals surface area contributed by atoms with Crippen LogP contribution in [0.5, 0.6) is 0 Å². The smallest absolute Gasteiger partial charge is 0.320 e. The van der Waals surface area contributed by atoms with Gasteiger partial charge < -0.3 is 14.9 Å². The number of thioether (sulfide) groups is 1. The number of carbonyl (C=O) groups is 2. The van der Waals surface area contributed by atoms with Gasteiger partial charge in [0.1, 0.15) is 0 Å². The first-order valence-electron chi connectivity index (χ1n) is 6.88. The first-order valence-corrected chi connectivity index (χ1v) is 9.75. The summed E-state index contributed by atoms with van der Waals surface area (Å²) in [6, 6.07) is -0.998. The lowest BCUT2D eigenvalue weighted by Crippen LogP contribution is -2.57. The fourth-order valence-corrected chi connectivity index (χ4v) is 5.22. The van der Waals surface area contributed by atoms with Crippen molar-refractivity contribution in [1.82, 2.24) is 9.80 Å². The van der Waals surface area contributed by atoms with Crippen molar-refractivity contribution in [3.63, 3.8) is 0 Å². The van der Waals surface area contributed by atoms with Gasteiger partial charge in [0.15, 0.2) is 9.84 Å². The van der Waals surface area contributed by atoms with Crippen molar-refractivity contribution in [3.8, 4) is 0 Å². The molecule has 2 rings (SSSR count). The topological polar surface area (TPSA) is 95.0 Å². The molecular weight excluding hydrogens is 316 g/mol. The Morgan fingerprint density at radius 3 is 2.67 bits per heavy atom. The number of hydrogen-bond donors (Lipinski definition) is 1. The molecule has 7 nitrogen and oxygen atoms in total. The van der Waals surface area contributed by atoms with Crippen LogP contribution >= 0.6 is 11.8 Å². The number of nitrogens with zero attached hydrogens (tertiary/aromatic N) is 2. The lowest BCUT2D eigenvalue weighted by Gasteiger charge is -2.40. The van der Waals surface area contributed by atoms with Gasteiger partial charge in [-0.25, -0.2) is 13.2 Å². The minimum Gasteiger partial charge on any atom is -0.481 e. The highest BCUT2D eigenvalue weighted by molar-refractivity contribution is 8.00. The summed E-state index contributed by atoms with van der Waals surface area (Å²) in [7, 11) is -3.27. The maximum atomic E-state index is 12.6. The zero-order valence-corrected chi connectivity index (χ0v) is 13.5. The molecule has 0 saturated carbocycles. The molecule has 2 fully saturated rings. The third-order valence-electron chi connectivity index (χ3n) is 3.70. The van der Waals surface area contributed by atoms with E-state index in [1.54, 1.807) is 16.7 Å². The number of carbonyl (C=O) groups excluding carboxylic acids is 1. The van der Waals surface area contributed by atoms with Gasteiger partial charge in [-0.3, -0.25) is 4.79 Å². The minimum atomic E-state index is -3.27. The number of sulfone groups is 1. The molecule has 0 radical (unpaired) electrons. The molecule has 0 bridgehead atoms. The zero-order chi connectivity index (χ0) is 15.6. The Morgan fingerprint density at radius 1 is 1.33 bits per heavy atom. The van der Waals surface area contributed by atoms with Crippen LogP contribution < -0.4 is 0 Å². The van der Waals surface area contributed by atoms with Crippen LogP contribution in [0.15, 0.2) is 0 Å². The maximum absolute atomic E-state index is 12.6. The third kappa shape index (κ3) is 4.26. The number of carboxylic acids is 1. The van der Waals surface area contributed by atoms with Gasteiger partial charge >= 0.3 is 12.0 Å². The fourth-order valence-electron chi connectivity index (χ4n) is 2.68. The Hall–Kier alpha value is -0.960. The predicted molar refractivity (Wildman–Crippen MR) is 80.3 cm³/mol. The molecule has 0 spiro atoms. The average molecular weight is 336 g/mol. The average Bonchev–Trinajstić information content (AvgIpc) is 2.36. The monoisotopic (exact) mass is 336 g/mol. The molecule has 2 saturated heterocycles. The SMILES string of the molecule is CC1CN(C(=O)N2CCS(=O)(=O)CC2CC(=O)O)CCS1. The van der Waals surface area contributed by atoms with Crippen molar-refractivity contribution in [1.29, 1.82) is 0 Å². The lowest BCUT2D eigenvalue weighted by molar-refractivity contribution is -0.138. The summed E-state index contributed by atoms with van der Waals surface area (Å²) >= 11 is 1.79. The van der Waals surface area contributed by atoms with E-state index >= 15 is 0 Å². The van der Waals surface area contributed by atoms with Crippen LogP contribution in [0.25, 0.3) is 0 Å². The van der Waals surface area contributed by atoms with Gasteiger partial charge in [0, 0.05) is 30.6 Å². The molecule has 21 heavy (non-hydrogen) atoms. The molecule has 0 aromatic heterocycles. The second-order valence-corrected chi connectivity index (χ2v) is 9.24. The molecule has 120 valence electrons. The number of amides is 2. The number of aliphatic carboxylic acids is 1. The van der Waals surface area contributed by atoms with Crippen LogP contribution in [-0.2, 0) is 14.6 Å². The predicted octanol–water partition coefficient (Wildman–Crippen LogP) is 0.117. The summed E-state index contributed by atoms with van der Waals surface area (Å²) < 4.78 is 23.4. The van der Waals surface area contributed by atoms with E-state index in [2.05, 4.69) is 0 Å². The van der Waals surface area contributed by atoms with E-state index in [4.69, 9.17) is 5.11 Å². The van der Waals surface area contributed by atoms with Crippen molar-refractivity contribution in [2.24, 2.45) is 0 Å². The van der Waals surface area contributed by atoms with Crippen molar-refractivity contribution in [3.05, 3.63) is 0 Å². The van der Waals surface area contributed by atoms with Crippen molar-refractivity contribution < 1.29 is 23.1 Å². The Kier molecular flexibility index (Phi) is 5.03. The van der Waals surface area contributed by atoms with E-state index in [0.29, 0.717) is 18.3 Å². The minimum absolute atomic E-state index is 0.0805. The first kappa shape index (κ1) is 16.4. The van der Waals surface area contributed by atoms with E-state index in [-0.39, 0.29) is 30.5 Å². The van der Waals surface area contributed by atoms with Crippen LogP contribution in [0.4, 0.5) is 4.79 Å². The molecule has 2 amide bonds. The molecule has 2 aliphatic heterocycles. The molecule has 0 aliphatic carbocycles. The Morgan fingerprint density at radius 2 is 2.05 bits per heavy atom. The molecule has 1 N–H and O–H groups in total. The molecular formula is C12H20N2O5S2. The van der Waals surface area contributed by atoms with E-state index in [9.17, 15) is 18.0 Å². The number of hydrogen-bond acceptors (Lipinski definition) is 5. The molecule has 0 aromatic rings. The van der Waals surface area contributed by atoms with E-state index in [1.165, 1.54) is 4.90 Å². The molecule has 2 atom stereocenters. The molecule has 2 aliphatic rings. The number of carboxylic acid groups (broad SMARTS) is 1. The third-order valence-corrected chi connectivity index (χ3v) is 6.53. The molecule has 0 aromatic carbocycles. The Balaban J connectivity index is 2.11. The van der Waals surface area contributed by atoms with Gasteiger partial charge in [-0.15, -0.1) is 0 Å². The Bertz CT molecular complexity index is 522. The van der Waals surface area contributed by atoms with Crippen LogP contribution in [0, 0.1) is 0 Å². The summed E-state index contributed by atoms with van der Waals surface area (Å²) in [5.74, 6) is -0.587. The fraction of sp³-hybridized carbons (Fsp3) is 0.833. The summed E-state index contributed by atoms with van der Waals surface area (Å²) in [4.78, 5) is 26.6. The highest BCUT2D eigenvalue weighted by atomic mass is 32.2. The summed E-state index contributed by atoms with van der Waals surface area (Å²) in [6.45, 7) is 3.36. The second kappa shape index (κ2) is 6.43. The summed E-state index contributed by atoms with van der Waals surface area (Å²) in [6.07, 6.45) is -0.330. The molecule has 2 heterocycles. The van der Waals surface area contributed by atoms with Crippen LogP contribution in [0.2, 0.25) is 0 Å². The van der Waals surface area contributed by atoms with Crippen molar-refractivity contribution in [2.75, 3.05) is 36.9 Å². The van der Waals surface area contributed by atoms with Crippen LogP contribution in [-0.4, -0.2) is 83.5 Å². The second-order valence-electron chi connectivity index (χ2n) is 5.47. The normalized spacial score (nSPS) is 29.2. The van der Waals surface area contributed by atoms with Crippen LogP contribution in [0.1, 0.15) is 13.3 Å². The van der Waals surface area contributed by atoms with E-state index in [0.717, 1.165) is 5.75 Å². The highest BCUT2D eigenvalue weighted by Gasteiger charge is 2.37. The van der Waals surface area contributed by atoms with Crippen LogP contribution in [0.3, 0.4) is 0 Å². The number of urea groups is 1. The van der Waals surface area contributed by atoms with Gasteiger partial charge in [0.25, 0.3) is 0 Å². The van der Waals surface area contributed by atoms with Gasteiger partial charge in [-0.1, -0.05) is 6.92 Å². The maximum Gasteiger partial charge on any atom is 0.320 e. The van der Waals surface area contributed by atoms with Gasteiger partial charge in [0.05, 0.1) is 24.0 Å². The standard InChI is InChI=1S/C12H20N2O5S2/c1-9-7-13(2-4-20-9)12(17)14-3-5-21(18,19)8-10(14)6-11(15)16/h9-10H,2-8H2,1H3,(H,15,16). The quantitative estimate of drug-likeness (QED) is 0.769. The van der Waals surface area contributed by atoms with Gasteiger partial charge in [0.2, 0.25) is 0 Å². The van der Waals surface area contributed by atoms with Gasteiger partial charge in [-0.2, -0.15) is 11.8 Å². The number of rotatable bonds is 2. The summed E-state index contributed by atoms with van der Waals surface area (Å²) in [5, 5.41) is 9.28. The largest absolute Gasteiger partial charge is 0.481 e. The van der Waals surface area contributed by atoms with E-state index in [1.807, 2.05) is 6.92 Å². The Labute approximate surface area is 128 Å². The van der Waals surface area contributed by atoms with Crippen molar-refractivity contribution >= 4 is 33.6 Å². The van der Waals surface area contributed by atoms with E-state index < -0.39 is 21.8 Å². The highest BCUT2D eigenvalue weighted by Crippen LogP contribution is 2.22. The van der Waals surface area contributed by atoms with Gasteiger partial charge in [-0.05, 0) is 0 Å². The lowest BCUT2D eigenvalue weighted by atomic mass is 10.2. The molecule has 9 heteroatoms.